The molecular weight excluding hydrogens is 308 g/mol. The lowest BCUT2D eigenvalue weighted by atomic mass is 10.2. The Balaban J connectivity index is 1.79. The third-order valence-corrected chi connectivity index (χ3v) is 4.12. The molecule has 0 unspecified atom stereocenters. The van der Waals surface area contributed by atoms with Gasteiger partial charge in [-0.15, -0.1) is 0 Å². The van der Waals surface area contributed by atoms with E-state index >= 15 is 0 Å². The Morgan fingerprint density at radius 1 is 1.37 bits per heavy atom. The van der Waals surface area contributed by atoms with Crippen molar-refractivity contribution < 1.29 is 4.39 Å². The minimum absolute atomic E-state index is 0.559. The Bertz CT molecular complexity index is 418. The number of rotatable bonds is 6. The normalized spacial score (nSPS) is 16.4. The van der Waals surface area contributed by atoms with Crippen molar-refractivity contribution >= 4 is 40.8 Å². The monoisotopic (exact) mass is 323 g/mol. The largest absolute Gasteiger partial charge is 0.383 e. The lowest BCUT2D eigenvalue weighted by molar-refractivity contribution is 0.0658. The highest BCUT2D eigenvalue weighted by molar-refractivity contribution is 7.97. The van der Waals surface area contributed by atoms with Crippen molar-refractivity contribution in [2.24, 2.45) is 5.14 Å². The minimum Gasteiger partial charge on any atom is -0.383 e. The lowest BCUT2D eigenvalue weighted by Gasteiger charge is -2.34. The van der Waals surface area contributed by atoms with Crippen LogP contribution in [0.1, 0.15) is 6.42 Å². The second kappa shape index (κ2) is 6.99. The summed E-state index contributed by atoms with van der Waals surface area (Å²) in [7, 11) is 0. The standard InChI is InChI=1S/C12H16Cl2FN3S/c13-10-4-9(19-16)5-11(14)12(10)17-2-1-3-18-6-8(15)7-18/h4-5,8,17H,1-3,6-7,16H2. The molecule has 7 heteroatoms. The average Bonchev–Trinajstić information content (AvgIpc) is 2.34. The zero-order valence-electron chi connectivity index (χ0n) is 10.3. The summed E-state index contributed by atoms with van der Waals surface area (Å²) in [6.07, 6.45) is 0.283. The highest BCUT2D eigenvalue weighted by Gasteiger charge is 2.24. The highest BCUT2D eigenvalue weighted by Crippen LogP contribution is 2.34. The van der Waals surface area contributed by atoms with Crippen molar-refractivity contribution in [3.63, 3.8) is 0 Å². The summed E-state index contributed by atoms with van der Waals surface area (Å²) in [5.74, 6) is 0. The molecule has 0 aliphatic carbocycles. The molecule has 1 aromatic carbocycles. The van der Waals surface area contributed by atoms with E-state index in [4.69, 9.17) is 28.3 Å². The number of nitrogens with two attached hydrogens (primary N) is 1. The van der Waals surface area contributed by atoms with Gasteiger partial charge in [0.25, 0.3) is 0 Å². The minimum atomic E-state index is -0.641. The SMILES string of the molecule is NSc1cc(Cl)c(NCCCN2CC(F)C2)c(Cl)c1. The molecule has 2 rings (SSSR count). The fraction of sp³-hybridized carbons (Fsp3) is 0.500. The molecule has 0 spiro atoms. The molecule has 0 amide bonds. The molecule has 0 atom stereocenters. The fourth-order valence-corrected chi connectivity index (χ4v) is 3.11. The van der Waals surface area contributed by atoms with E-state index in [2.05, 4.69) is 10.2 Å². The summed E-state index contributed by atoms with van der Waals surface area (Å²) >= 11 is 13.4. The first-order chi connectivity index (χ1) is 9.10. The summed E-state index contributed by atoms with van der Waals surface area (Å²) in [6.45, 7) is 2.76. The first-order valence-corrected chi connectivity index (χ1v) is 7.70. The first kappa shape index (κ1) is 15.2. The van der Waals surface area contributed by atoms with Gasteiger partial charge in [-0.2, -0.15) is 0 Å². The summed E-state index contributed by atoms with van der Waals surface area (Å²) in [6, 6.07) is 3.56. The molecule has 0 saturated carbocycles. The van der Waals surface area contributed by atoms with Gasteiger partial charge in [0, 0.05) is 31.1 Å². The third kappa shape index (κ3) is 4.13. The number of hydrogen-bond acceptors (Lipinski definition) is 4. The van der Waals surface area contributed by atoms with Gasteiger partial charge < -0.3 is 5.32 Å². The van der Waals surface area contributed by atoms with Gasteiger partial charge in [0.15, 0.2) is 0 Å². The van der Waals surface area contributed by atoms with E-state index in [0.29, 0.717) is 23.1 Å². The number of likely N-dealkylation sites (tertiary alicyclic amines) is 1. The van der Waals surface area contributed by atoms with Gasteiger partial charge >= 0.3 is 0 Å². The van der Waals surface area contributed by atoms with Crippen molar-refractivity contribution in [2.75, 3.05) is 31.5 Å². The topological polar surface area (TPSA) is 41.3 Å². The zero-order chi connectivity index (χ0) is 13.8. The Hall–Kier alpha value is -0.200. The van der Waals surface area contributed by atoms with Crippen LogP contribution in [0, 0.1) is 0 Å². The predicted octanol–water partition coefficient (Wildman–Crippen LogP) is 3.41. The van der Waals surface area contributed by atoms with E-state index < -0.39 is 6.17 Å². The van der Waals surface area contributed by atoms with Gasteiger partial charge in [0.1, 0.15) is 6.17 Å². The molecule has 1 aromatic rings. The lowest BCUT2D eigenvalue weighted by Crippen LogP contribution is -2.48. The number of nitrogens with zero attached hydrogens (tertiary/aromatic N) is 1. The van der Waals surface area contributed by atoms with E-state index in [0.717, 1.165) is 42.0 Å². The molecule has 106 valence electrons. The van der Waals surface area contributed by atoms with Crippen molar-refractivity contribution in [1.29, 1.82) is 0 Å². The number of hydrogen-bond donors (Lipinski definition) is 2. The fourth-order valence-electron chi connectivity index (χ4n) is 1.99. The van der Waals surface area contributed by atoms with Crippen LogP contribution in [0.5, 0.6) is 0 Å². The number of anilines is 1. The predicted molar refractivity (Wildman–Crippen MR) is 80.9 cm³/mol. The van der Waals surface area contributed by atoms with Gasteiger partial charge in [-0.05, 0) is 30.5 Å². The van der Waals surface area contributed by atoms with E-state index in [1.807, 2.05) is 0 Å². The summed E-state index contributed by atoms with van der Waals surface area (Å²) < 4.78 is 12.6. The maximum Gasteiger partial charge on any atom is 0.125 e. The molecule has 1 aliphatic heterocycles. The van der Waals surface area contributed by atoms with Gasteiger partial charge in [0.05, 0.1) is 15.7 Å². The van der Waals surface area contributed by atoms with Crippen LogP contribution in [0.4, 0.5) is 10.1 Å². The van der Waals surface area contributed by atoms with Crippen LogP contribution >= 0.6 is 35.1 Å². The molecule has 0 aromatic heterocycles. The van der Waals surface area contributed by atoms with Crippen molar-refractivity contribution in [2.45, 2.75) is 17.5 Å². The van der Waals surface area contributed by atoms with Crippen LogP contribution in [0.15, 0.2) is 17.0 Å². The number of benzene rings is 1. The molecule has 0 bridgehead atoms. The van der Waals surface area contributed by atoms with Crippen LogP contribution in [-0.4, -0.2) is 37.3 Å². The van der Waals surface area contributed by atoms with E-state index in [-0.39, 0.29) is 0 Å². The van der Waals surface area contributed by atoms with Crippen molar-refractivity contribution in [3.05, 3.63) is 22.2 Å². The van der Waals surface area contributed by atoms with Gasteiger partial charge in [0.2, 0.25) is 0 Å². The maximum absolute atomic E-state index is 12.6. The second-order valence-corrected chi connectivity index (χ2v) is 6.04. The van der Waals surface area contributed by atoms with Crippen LogP contribution in [-0.2, 0) is 0 Å². The van der Waals surface area contributed by atoms with Crippen LogP contribution in [0.2, 0.25) is 10.0 Å². The number of nitrogens with one attached hydrogen (secondary N) is 1. The number of halogens is 3. The average molecular weight is 324 g/mol. The van der Waals surface area contributed by atoms with Crippen LogP contribution in [0.25, 0.3) is 0 Å². The molecule has 1 saturated heterocycles. The zero-order valence-corrected chi connectivity index (χ0v) is 12.7. The highest BCUT2D eigenvalue weighted by atomic mass is 35.5. The summed E-state index contributed by atoms with van der Waals surface area (Å²) in [5, 5.41) is 9.81. The molecule has 19 heavy (non-hydrogen) atoms. The molecule has 1 heterocycles. The smallest absolute Gasteiger partial charge is 0.125 e. The second-order valence-electron chi connectivity index (χ2n) is 4.52. The Labute approximate surface area is 126 Å². The Morgan fingerprint density at radius 2 is 2.00 bits per heavy atom. The molecule has 1 aliphatic rings. The van der Waals surface area contributed by atoms with Crippen LogP contribution in [0.3, 0.4) is 0 Å². The van der Waals surface area contributed by atoms with Gasteiger partial charge in [-0.1, -0.05) is 23.2 Å². The molecule has 1 fully saturated rings. The van der Waals surface area contributed by atoms with Crippen molar-refractivity contribution in [3.8, 4) is 0 Å². The summed E-state index contributed by atoms with van der Waals surface area (Å²) in [4.78, 5) is 2.92. The van der Waals surface area contributed by atoms with E-state index in [9.17, 15) is 4.39 Å². The molecular formula is C12H16Cl2FN3S. The van der Waals surface area contributed by atoms with Crippen molar-refractivity contribution in [1.82, 2.24) is 4.90 Å². The first-order valence-electron chi connectivity index (χ1n) is 6.06. The molecule has 3 nitrogen and oxygen atoms in total. The van der Waals surface area contributed by atoms with Crippen LogP contribution < -0.4 is 10.5 Å². The number of alkyl halides is 1. The Morgan fingerprint density at radius 3 is 2.53 bits per heavy atom. The molecule has 0 radical (unpaired) electrons. The van der Waals surface area contributed by atoms with E-state index in [1.54, 1.807) is 12.1 Å². The van der Waals surface area contributed by atoms with Gasteiger partial charge in [-0.3, -0.25) is 10.0 Å². The summed E-state index contributed by atoms with van der Waals surface area (Å²) in [5.41, 5.74) is 0.730. The quantitative estimate of drug-likeness (QED) is 0.621. The van der Waals surface area contributed by atoms with E-state index in [1.165, 1.54) is 0 Å². The third-order valence-electron chi connectivity index (χ3n) is 3.02. The maximum atomic E-state index is 12.6. The Kier molecular flexibility index (Phi) is 5.59. The van der Waals surface area contributed by atoms with Gasteiger partial charge in [-0.25, -0.2) is 4.39 Å². The molecule has 3 N–H and O–H groups in total.